The minimum Gasteiger partial charge on any atom is -0.302 e. The molecule has 34 heavy (non-hydrogen) atoms. The zero-order chi connectivity index (χ0) is 23.5. The van der Waals surface area contributed by atoms with E-state index in [-0.39, 0.29) is 11.7 Å². The van der Waals surface area contributed by atoms with Gasteiger partial charge in [-0.3, -0.25) is 4.79 Å². The Bertz CT molecular complexity index is 1300. The monoisotopic (exact) mass is 487 g/mol. The Labute approximate surface area is 207 Å². The lowest BCUT2D eigenvalue weighted by Crippen LogP contribution is -2.14. The third-order valence-corrected chi connectivity index (χ3v) is 7.56. The number of anilines is 1. The van der Waals surface area contributed by atoms with Crippen LogP contribution in [0.1, 0.15) is 35.2 Å². The SMILES string of the molecule is C=CCn1c(SCC(=O)Nc2nc(-c3ccc(C)cc3)cs2)nnc1C1CC1c1ccccc1. The molecular weight excluding hydrogens is 462 g/mol. The first-order valence-corrected chi connectivity index (χ1v) is 13.0. The summed E-state index contributed by atoms with van der Waals surface area (Å²) in [7, 11) is 0. The van der Waals surface area contributed by atoms with Crippen LogP contribution in [0.4, 0.5) is 5.13 Å². The first kappa shape index (κ1) is 22.6. The predicted octanol–water partition coefficient (Wildman–Crippen LogP) is 5.90. The van der Waals surface area contributed by atoms with E-state index in [0.717, 1.165) is 28.7 Å². The second kappa shape index (κ2) is 9.95. The summed E-state index contributed by atoms with van der Waals surface area (Å²) in [5, 5.41) is 15.1. The molecule has 1 fully saturated rings. The Morgan fingerprint density at radius 2 is 1.97 bits per heavy atom. The summed E-state index contributed by atoms with van der Waals surface area (Å²) >= 11 is 2.81. The molecule has 1 aliphatic rings. The maximum atomic E-state index is 12.6. The van der Waals surface area contributed by atoms with E-state index in [1.807, 2.05) is 29.7 Å². The smallest absolute Gasteiger partial charge is 0.236 e. The minimum atomic E-state index is -0.113. The molecule has 172 valence electrons. The molecule has 1 amide bonds. The van der Waals surface area contributed by atoms with Crippen LogP contribution >= 0.6 is 23.1 Å². The average molecular weight is 488 g/mol. The summed E-state index contributed by atoms with van der Waals surface area (Å²) < 4.78 is 2.08. The molecule has 2 unspecified atom stereocenters. The van der Waals surface area contributed by atoms with E-state index in [9.17, 15) is 4.79 Å². The summed E-state index contributed by atoms with van der Waals surface area (Å²) in [6, 6.07) is 18.7. The van der Waals surface area contributed by atoms with E-state index >= 15 is 0 Å². The van der Waals surface area contributed by atoms with Crippen molar-refractivity contribution in [3.8, 4) is 11.3 Å². The highest BCUT2D eigenvalue weighted by molar-refractivity contribution is 7.99. The van der Waals surface area contributed by atoms with E-state index < -0.39 is 0 Å². The van der Waals surface area contributed by atoms with Crippen molar-refractivity contribution in [2.45, 2.75) is 36.9 Å². The lowest BCUT2D eigenvalue weighted by molar-refractivity contribution is -0.113. The van der Waals surface area contributed by atoms with Crippen LogP contribution in [0.5, 0.6) is 0 Å². The van der Waals surface area contributed by atoms with Gasteiger partial charge in [-0.05, 0) is 24.8 Å². The molecule has 1 saturated carbocycles. The van der Waals surface area contributed by atoms with Crippen molar-refractivity contribution in [3.05, 3.63) is 89.6 Å². The van der Waals surface area contributed by atoms with Gasteiger partial charge in [0, 0.05) is 23.4 Å². The van der Waals surface area contributed by atoms with Crippen molar-refractivity contribution in [1.82, 2.24) is 19.7 Å². The molecular formula is C26H25N5OS2. The summed E-state index contributed by atoms with van der Waals surface area (Å²) in [5.41, 5.74) is 4.44. The number of rotatable bonds is 9. The number of carbonyl (C=O) groups excluding carboxylic acids is 1. The molecule has 0 bridgehead atoms. The molecule has 8 heteroatoms. The van der Waals surface area contributed by atoms with E-state index in [2.05, 4.69) is 75.0 Å². The molecule has 2 heterocycles. The first-order valence-electron chi connectivity index (χ1n) is 11.2. The maximum Gasteiger partial charge on any atom is 0.236 e. The number of allylic oxidation sites excluding steroid dienone is 1. The topological polar surface area (TPSA) is 72.7 Å². The third kappa shape index (κ3) is 4.98. The lowest BCUT2D eigenvalue weighted by Gasteiger charge is -2.07. The van der Waals surface area contributed by atoms with Gasteiger partial charge in [-0.25, -0.2) is 4.98 Å². The molecule has 5 rings (SSSR count). The van der Waals surface area contributed by atoms with E-state index in [1.165, 1.54) is 34.2 Å². The lowest BCUT2D eigenvalue weighted by atomic mass is 10.1. The predicted molar refractivity (Wildman–Crippen MR) is 138 cm³/mol. The van der Waals surface area contributed by atoms with Gasteiger partial charge in [-0.15, -0.1) is 28.1 Å². The standard InChI is InChI=1S/C26H25N5OS2/c1-3-13-31-24(21-14-20(21)18-7-5-4-6-8-18)29-30-26(31)34-16-23(32)28-25-27-22(15-33-25)19-11-9-17(2)10-12-19/h3-12,15,20-21H,1,13-14,16H2,2H3,(H,27,28,32). The van der Waals surface area contributed by atoms with Crippen molar-refractivity contribution in [1.29, 1.82) is 0 Å². The molecule has 0 spiro atoms. The molecule has 2 atom stereocenters. The van der Waals surface area contributed by atoms with Crippen LogP contribution in [0.3, 0.4) is 0 Å². The quantitative estimate of drug-likeness (QED) is 0.235. The van der Waals surface area contributed by atoms with E-state index in [1.54, 1.807) is 0 Å². The number of hydrogen-bond acceptors (Lipinski definition) is 6. The molecule has 2 aromatic heterocycles. The van der Waals surface area contributed by atoms with Gasteiger partial charge < -0.3 is 9.88 Å². The van der Waals surface area contributed by atoms with Crippen LogP contribution in [0.25, 0.3) is 11.3 Å². The van der Waals surface area contributed by atoms with Crippen LogP contribution < -0.4 is 5.32 Å². The van der Waals surface area contributed by atoms with Crippen LogP contribution in [-0.4, -0.2) is 31.4 Å². The number of aryl methyl sites for hydroxylation is 1. The molecule has 0 saturated heterocycles. The minimum absolute atomic E-state index is 0.113. The number of thioether (sulfide) groups is 1. The molecule has 1 N–H and O–H groups in total. The highest BCUT2D eigenvalue weighted by Gasteiger charge is 2.43. The van der Waals surface area contributed by atoms with Crippen LogP contribution in [0, 0.1) is 6.92 Å². The second-order valence-corrected chi connectivity index (χ2v) is 10.1. The van der Waals surface area contributed by atoms with Gasteiger partial charge in [0.2, 0.25) is 5.91 Å². The number of aromatic nitrogens is 4. The molecule has 0 radical (unpaired) electrons. The van der Waals surface area contributed by atoms with Gasteiger partial charge in [0.1, 0.15) is 5.82 Å². The molecule has 6 nitrogen and oxygen atoms in total. The van der Waals surface area contributed by atoms with Crippen LogP contribution in [0.2, 0.25) is 0 Å². The van der Waals surface area contributed by atoms with Crippen molar-refractivity contribution < 1.29 is 4.79 Å². The zero-order valence-electron chi connectivity index (χ0n) is 18.8. The number of carbonyl (C=O) groups is 1. The molecule has 4 aromatic rings. The number of benzene rings is 2. The van der Waals surface area contributed by atoms with Crippen LogP contribution in [0.15, 0.2) is 77.8 Å². The Kier molecular flexibility index (Phi) is 6.60. The molecule has 0 aliphatic heterocycles. The van der Waals surface area contributed by atoms with Gasteiger partial charge in [-0.1, -0.05) is 78.0 Å². The fourth-order valence-corrected chi connectivity index (χ4v) is 5.49. The summed E-state index contributed by atoms with van der Waals surface area (Å²) in [6.07, 6.45) is 2.91. The van der Waals surface area contributed by atoms with Crippen molar-refractivity contribution >= 4 is 34.1 Å². The number of nitrogens with zero attached hydrogens (tertiary/aromatic N) is 4. The molecule has 1 aliphatic carbocycles. The highest BCUT2D eigenvalue weighted by atomic mass is 32.2. The van der Waals surface area contributed by atoms with E-state index in [4.69, 9.17) is 0 Å². The Morgan fingerprint density at radius 1 is 1.18 bits per heavy atom. The fraction of sp³-hybridized carbons (Fsp3) is 0.231. The van der Waals surface area contributed by atoms with Gasteiger partial charge in [0.05, 0.1) is 11.4 Å². The van der Waals surface area contributed by atoms with Crippen LogP contribution in [-0.2, 0) is 11.3 Å². The highest BCUT2D eigenvalue weighted by Crippen LogP contribution is 2.54. The molecule has 2 aromatic carbocycles. The largest absolute Gasteiger partial charge is 0.302 e. The van der Waals surface area contributed by atoms with Gasteiger partial charge in [0.15, 0.2) is 10.3 Å². The first-order chi connectivity index (χ1) is 16.6. The summed E-state index contributed by atoms with van der Waals surface area (Å²) in [4.78, 5) is 17.1. The summed E-state index contributed by atoms with van der Waals surface area (Å²) in [5.74, 6) is 1.93. The Hall–Kier alpha value is -3.23. The van der Waals surface area contributed by atoms with Gasteiger partial charge in [0.25, 0.3) is 0 Å². The number of nitrogens with one attached hydrogen (secondary N) is 1. The Balaban J connectivity index is 1.21. The number of hydrogen-bond donors (Lipinski definition) is 1. The maximum absolute atomic E-state index is 12.6. The number of thiazole rings is 1. The fourth-order valence-electron chi connectivity index (χ4n) is 4.00. The van der Waals surface area contributed by atoms with Gasteiger partial charge >= 0.3 is 0 Å². The Morgan fingerprint density at radius 3 is 2.74 bits per heavy atom. The van der Waals surface area contributed by atoms with Crippen molar-refractivity contribution in [2.24, 2.45) is 0 Å². The van der Waals surface area contributed by atoms with Crippen molar-refractivity contribution in [3.63, 3.8) is 0 Å². The van der Waals surface area contributed by atoms with Crippen molar-refractivity contribution in [2.75, 3.05) is 11.1 Å². The number of amides is 1. The third-order valence-electron chi connectivity index (χ3n) is 5.84. The van der Waals surface area contributed by atoms with E-state index in [0.29, 0.717) is 23.5 Å². The normalized spacial score (nSPS) is 16.9. The summed E-state index contributed by atoms with van der Waals surface area (Å²) in [6.45, 7) is 6.56. The second-order valence-electron chi connectivity index (χ2n) is 8.34. The van der Waals surface area contributed by atoms with Gasteiger partial charge in [-0.2, -0.15) is 0 Å². The zero-order valence-corrected chi connectivity index (χ0v) is 20.5. The average Bonchev–Trinajstić information content (AvgIpc) is 3.34.